The summed E-state index contributed by atoms with van der Waals surface area (Å²) in [7, 11) is 0. The number of rotatable bonds is 6. The third-order valence-electron chi connectivity index (χ3n) is 11.0. The van der Waals surface area contributed by atoms with Gasteiger partial charge in [0.25, 0.3) is 0 Å². The van der Waals surface area contributed by atoms with Crippen molar-refractivity contribution in [2.24, 2.45) is 0 Å². The summed E-state index contributed by atoms with van der Waals surface area (Å²) in [6.07, 6.45) is 0. The lowest BCUT2D eigenvalue weighted by atomic mass is 9.98. The lowest BCUT2D eigenvalue weighted by Crippen LogP contribution is -2.11. The van der Waals surface area contributed by atoms with Gasteiger partial charge in [0.1, 0.15) is 0 Å². The number of anilines is 3. The first kappa shape index (κ1) is 31.6. The van der Waals surface area contributed by atoms with E-state index < -0.39 is 0 Å². The second-order valence-electron chi connectivity index (χ2n) is 14.1. The summed E-state index contributed by atoms with van der Waals surface area (Å²) in [5.74, 6) is 0. The molecule has 0 unspecified atom stereocenters. The molecular formula is C52H34N2S. The van der Waals surface area contributed by atoms with Crippen LogP contribution in [0.5, 0.6) is 0 Å². The number of para-hydroxylation sites is 4. The number of nitrogens with zero attached hydrogens (tertiary/aromatic N) is 2. The van der Waals surface area contributed by atoms with Gasteiger partial charge in [0.05, 0.1) is 28.1 Å². The van der Waals surface area contributed by atoms with E-state index in [2.05, 4.69) is 216 Å². The van der Waals surface area contributed by atoms with Crippen molar-refractivity contribution in [2.45, 2.75) is 0 Å². The fourth-order valence-corrected chi connectivity index (χ4v) is 9.65. The molecule has 0 saturated carbocycles. The second-order valence-corrected chi connectivity index (χ2v) is 15.2. The maximum atomic E-state index is 2.44. The minimum absolute atomic E-state index is 1.10. The van der Waals surface area contributed by atoms with Gasteiger partial charge in [-0.25, -0.2) is 0 Å². The number of hydrogen-bond donors (Lipinski definition) is 0. The van der Waals surface area contributed by atoms with E-state index in [1.54, 1.807) is 0 Å². The van der Waals surface area contributed by atoms with Crippen LogP contribution in [0.15, 0.2) is 206 Å². The van der Waals surface area contributed by atoms with Crippen molar-refractivity contribution in [3.05, 3.63) is 206 Å². The highest BCUT2D eigenvalue weighted by Gasteiger charge is 2.21. The fraction of sp³-hybridized carbons (Fsp3) is 0. The van der Waals surface area contributed by atoms with Crippen molar-refractivity contribution >= 4 is 81.1 Å². The summed E-state index contributed by atoms with van der Waals surface area (Å²) in [5, 5.41) is 7.58. The molecule has 0 saturated heterocycles. The van der Waals surface area contributed by atoms with Gasteiger partial charge in [0.2, 0.25) is 0 Å². The van der Waals surface area contributed by atoms with E-state index in [1.165, 1.54) is 80.7 Å². The van der Waals surface area contributed by atoms with Gasteiger partial charge in [-0.1, -0.05) is 152 Å². The third kappa shape index (κ3) is 5.16. The summed E-state index contributed by atoms with van der Waals surface area (Å²) in [6.45, 7) is 0. The van der Waals surface area contributed by atoms with Gasteiger partial charge in [0, 0.05) is 53.1 Å². The number of thiophene rings is 1. The van der Waals surface area contributed by atoms with Crippen LogP contribution in [0.3, 0.4) is 0 Å². The van der Waals surface area contributed by atoms with Crippen molar-refractivity contribution in [2.75, 3.05) is 4.90 Å². The quantitative estimate of drug-likeness (QED) is 0.166. The average Bonchev–Trinajstić information content (AvgIpc) is 3.80. The Kier molecular flexibility index (Phi) is 7.39. The Morgan fingerprint density at radius 1 is 0.364 bits per heavy atom. The van der Waals surface area contributed by atoms with Crippen LogP contribution in [-0.2, 0) is 0 Å². The Hall–Kier alpha value is -6.94. The molecule has 0 fully saturated rings. The zero-order chi connectivity index (χ0) is 36.3. The van der Waals surface area contributed by atoms with E-state index in [1.807, 2.05) is 11.3 Å². The summed E-state index contributed by atoms with van der Waals surface area (Å²) in [4.78, 5) is 2.44. The molecule has 0 bridgehead atoms. The van der Waals surface area contributed by atoms with Crippen molar-refractivity contribution in [3.8, 4) is 27.9 Å². The largest absolute Gasteiger partial charge is 0.309 e. The molecule has 0 aliphatic carbocycles. The van der Waals surface area contributed by atoms with Crippen molar-refractivity contribution in [1.82, 2.24) is 4.57 Å². The molecule has 0 radical (unpaired) electrons. The van der Waals surface area contributed by atoms with Crippen LogP contribution >= 0.6 is 11.3 Å². The van der Waals surface area contributed by atoms with E-state index in [9.17, 15) is 0 Å². The topological polar surface area (TPSA) is 8.17 Å². The van der Waals surface area contributed by atoms with Gasteiger partial charge >= 0.3 is 0 Å². The van der Waals surface area contributed by atoms with Gasteiger partial charge in [-0.05, 0) is 71.1 Å². The van der Waals surface area contributed by atoms with E-state index in [0.717, 1.165) is 17.1 Å². The SMILES string of the molecule is c1ccc(N(c2ccc(-c3ccccc3-n3c4ccccc4c4ccccc43)cc2)c2cccc3ccccc23)c(-c2ccc3c(c2)sc2ccccc23)c1. The summed E-state index contributed by atoms with van der Waals surface area (Å²) in [6, 6.07) is 75.2. The maximum Gasteiger partial charge on any atom is 0.0541 e. The molecule has 0 amide bonds. The molecule has 2 nitrogen and oxygen atoms in total. The molecule has 0 N–H and O–H groups in total. The highest BCUT2D eigenvalue weighted by atomic mass is 32.1. The fourth-order valence-electron chi connectivity index (χ4n) is 8.50. The van der Waals surface area contributed by atoms with E-state index in [0.29, 0.717) is 0 Å². The molecule has 11 aromatic rings. The normalized spacial score (nSPS) is 11.6. The van der Waals surface area contributed by atoms with Crippen molar-refractivity contribution < 1.29 is 0 Å². The monoisotopic (exact) mass is 718 g/mol. The average molecular weight is 719 g/mol. The molecule has 0 atom stereocenters. The Bertz CT molecular complexity index is 3160. The summed E-state index contributed by atoms with van der Waals surface area (Å²) >= 11 is 1.86. The van der Waals surface area contributed by atoms with Crippen molar-refractivity contribution in [1.29, 1.82) is 0 Å². The molecule has 2 aromatic heterocycles. The van der Waals surface area contributed by atoms with Gasteiger partial charge in [0.15, 0.2) is 0 Å². The van der Waals surface area contributed by atoms with Crippen LogP contribution in [-0.4, -0.2) is 4.57 Å². The minimum atomic E-state index is 1.10. The summed E-state index contributed by atoms with van der Waals surface area (Å²) in [5.41, 5.74) is 11.7. The molecule has 2 heterocycles. The van der Waals surface area contributed by atoms with Crippen LogP contribution in [0, 0.1) is 0 Å². The van der Waals surface area contributed by atoms with Gasteiger partial charge in [-0.15, -0.1) is 11.3 Å². The number of benzene rings is 9. The molecule has 0 aliphatic heterocycles. The first-order chi connectivity index (χ1) is 27.3. The Labute approximate surface area is 323 Å². The lowest BCUT2D eigenvalue weighted by Gasteiger charge is -2.29. The number of fused-ring (bicyclic) bond motifs is 7. The molecule has 3 heteroatoms. The number of hydrogen-bond acceptors (Lipinski definition) is 2. The standard InChI is InChI=1S/C52H34N2S/c1-2-16-39-35(14-1)15-13-26-47(39)53(46-22-8-4-18-41(46)37-30-33-45-44-21-7-12-27-51(44)55-52(45)34-37)38-31-28-36(29-32-38)40-17-3-9-23-48(40)54-49-24-10-5-19-42(49)43-20-6-11-25-50(43)54/h1-34H. The van der Waals surface area contributed by atoms with E-state index >= 15 is 0 Å². The van der Waals surface area contributed by atoms with Crippen LogP contribution < -0.4 is 4.90 Å². The molecule has 258 valence electrons. The second kappa shape index (κ2) is 12.9. The molecule has 55 heavy (non-hydrogen) atoms. The van der Waals surface area contributed by atoms with Gasteiger partial charge in [-0.3, -0.25) is 0 Å². The predicted octanol–water partition coefficient (Wildman–Crippen LogP) is 15.1. The molecule has 11 rings (SSSR count). The Balaban J connectivity index is 1.08. The van der Waals surface area contributed by atoms with E-state index in [-0.39, 0.29) is 0 Å². The van der Waals surface area contributed by atoms with Crippen LogP contribution in [0.1, 0.15) is 0 Å². The first-order valence-electron chi connectivity index (χ1n) is 18.8. The zero-order valence-corrected chi connectivity index (χ0v) is 30.7. The third-order valence-corrected chi connectivity index (χ3v) is 12.1. The van der Waals surface area contributed by atoms with Crippen LogP contribution in [0.4, 0.5) is 17.1 Å². The molecule has 9 aromatic carbocycles. The first-order valence-corrected chi connectivity index (χ1v) is 19.6. The van der Waals surface area contributed by atoms with Crippen LogP contribution in [0.2, 0.25) is 0 Å². The molecule has 0 aliphatic rings. The number of aromatic nitrogens is 1. The maximum absolute atomic E-state index is 2.44. The highest BCUT2D eigenvalue weighted by molar-refractivity contribution is 7.25. The Morgan fingerprint density at radius 3 is 1.73 bits per heavy atom. The van der Waals surface area contributed by atoms with Crippen LogP contribution in [0.25, 0.3) is 80.7 Å². The Morgan fingerprint density at radius 2 is 0.927 bits per heavy atom. The molecular weight excluding hydrogens is 685 g/mol. The lowest BCUT2D eigenvalue weighted by molar-refractivity contribution is 1.18. The highest BCUT2D eigenvalue weighted by Crippen LogP contribution is 2.45. The summed E-state index contributed by atoms with van der Waals surface area (Å²) < 4.78 is 5.04. The minimum Gasteiger partial charge on any atom is -0.309 e. The van der Waals surface area contributed by atoms with E-state index in [4.69, 9.17) is 0 Å². The van der Waals surface area contributed by atoms with Gasteiger partial charge in [-0.2, -0.15) is 0 Å². The van der Waals surface area contributed by atoms with Crippen molar-refractivity contribution in [3.63, 3.8) is 0 Å². The molecule has 0 spiro atoms. The predicted molar refractivity (Wildman–Crippen MR) is 237 cm³/mol. The smallest absolute Gasteiger partial charge is 0.0541 e. The van der Waals surface area contributed by atoms with Gasteiger partial charge < -0.3 is 9.47 Å². The zero-order valence-electron chi connectivity index (χ0n) is 29.9.